The summed E-state index contributed by atoms with van der Waals surface area (Å²) < 4.78 is 13.4. The van der Waals surface area contributed by atoms with Crippen LogP contribution in [0, 0.1) is 0 Å². The average Bonchev–Trinajstić information content (AvgIpc) is 3.57. The van der Waals surface area contributed by atoms with Crippen molar-refractivity contribution in [1.82, 2.24) is 19.0 Å². The molecule has 216 valence electrons. The molecule has 12 heteroatoms. The lowest BCUT2D eigenvalue weighted by Crippen LogP contribution is -2.27. The number of hydrogen-bond donors (Lipinski definition) is 2. The maximum Gasteiger partial charge on any atom is 0.413 e. The second kappa shape index (κ2) is 11.7. The highest BCUT2D eigenvalue weighted by molar-refractivity contribution is 5.97. The Balaban J connectivity index is 1.39. The molecule has 3 aromatic rings. The number of ether oxygens (including phenoxy) is 2. The van der Waals surface area contributed by atoms with Crippen molar-refractivity contribution in [1.29, 1.82) is 0 Å². The van der Waals surface area contributed by atoms with Crippen LogP contribution in [0.15, 0.2) is 49.3 Å². The Kier molecular flexibility index (Phi) is 8.31. The summed E-state index contributed by atoms with van der Waals surface area (Å²) in [5.41, 5.74) is 2.92. The van der Waals surface area contributed by atoms with Gasteiger partial charge in [0.1, 0.15) is 17.9 Å². The zero-order valence-electron chi connectivity index (χ0n) is 23.8. The minimum Gasteiger partial charge on any atom is -0.445 e. The number of aromatic nitrogens is 3. The van der Waals surface area contributed by atoms with Crippen LogP contribution in [0.5, 0.6) is 0 Å². The van der Waals surface area contributed by atoms with Crippen LogP contribution in [-0.4, -0.2) is 55.1 Å². The van der Waals surface area contributed by atoms with Crippen molar-refractivity contribution >= 4 is 35.4 Å². The smallest absolute Gasteiger partial charge is 0.413 e. The number of carbonyl (C=O) groups is 4. The summed E-state index contributed by atoms with van der Waals surface area (Å²) in [6.45, 7) is 9.68. The lowest BCUT2D eigenvalue weighted by atomic mass is 10.1. The molecule has 0 fully saturated rings. The number of ketones is 1. The fourth-order valence-corrected chi connectivity index (χ4v) is 4.47. The molecule has 12 nitrogen and oxygen atoms in total. The first-order valence-corrected chi connectivity index (χ1v) is 13.0. The molecule has 0 aliphatic carbocycles. The van der Waals surface area contributed by atoms with Gasteiger partial charge in [-0.2, -0.15) is 0 Å². The van der Waals surface area contributed by atoms with E-state index in [0.29, 0.717) is 30.0 Å². The number of hydrogen-bond acceptors (Lipinski definition) is 7. The van der Waals surface area contributed by atoms with Gasteiger partial charge in [-0.1, -0.05) is 18.7 Å². The summed E-state index contributed by atoms with van der Waals surface area (Å²) >= 11 is 0. The number of fused-ring (bicyclic) bond motifs is 1. The number of anilines is 2. The monoisotopic (exact) mass is 562 g/mol. The minimum atomic E-state index is -0.668. The number of nitrogens with one attached hydrogen (secondary N) is 2. The number of nitrogens with zero attached hydrogens (tertiary/aromatic N) is 4. The van der Waals surface area contributed by atoms with Gasteiger partial charge >= 0.3 is 12.2 Å². The van der Waals surface area contributed by atoms with Gasteiger partial charge in [-0.25, -0.2) is 14.6 Å². The lowest BCUT2D eigenvalue weighted by Gasteiger charge is -2.18. The van der Waals surface area contributed by atoms with Crippen LogP contribution in [-0.2, 0) is 43.1 Å². The largest absolute Gasteiger partial charge is 0.445 e. The van der Waals surface area contributed by atoms with Crippen molar-refractivity contribution in [3.05, 3.63) is 77.5 Å². The Morgan fingerprint density at radius 2 is 1.73 bits per heavy atom. The van der Waals surface area contributed by atoms with E-state index < -0.39 is 17.8 Å². The molecule has 3 amide bonds. The van der Waals surface area contributed by atoms with Gasteiger partial charge in [0.25, 0.3) is 5.91 Å². The van der Waals surface area contributed by atoms with E-state index >= 15 is 0 Å². The first-order valence-electron chi connectivity index (χ1n) is 13.0. The summed E-state index contributed by atoms with van der Waals surface area (Å²) in [5.74, 6) is -0.0760. The van der Waals surface area contributed by atoms with E-state index in [9.17, 15) is 19.2 Å². The molecule has 0 radical (unpaired) electrons. The molecule has 1 aromatic carbocycles. The third-order valence-corrected chi connectivity index (χ3v) is 6.19. The summed E-state index contributed by atoms with van der Waals surface area (Å²) in [5, 5.41) is 5.20. The Morgan fingerprint density at radius 1 is 1.00 bits per heavy atom. The van der Waals surface area contributed by atoms with Gasteiger partial charge in [-0.3, -0.25) is 20.2 Å². The summed E-state index contributed by atoms with van der Waals surface area (Å²) in [6, 6.07) is 7.17. The summed E-state index contributed by atoms with van der Waals surface area (Å²) in [4.78, 5) is 56.3. The van der Waals surface area contributed by atoms with Crippen LogP contribution in [0.4, 0.5) is 21.1 Å². The summed E-state index contributed by atoms with van der Waals surface area (Å²) in [6.07, 6.45) is 3.54. The second-order valence-corrected chi connectivity index (χ2v) is 10.8. The maximum absolute atomic E-state index is 13.4. The van der Waals surface area contributed by atoms with E-state index in [4.69, 9.17) is 9.47 Å². The first-order chi connectivity index (χ1) is 19.3. The predicted molar refractivity (Wildman–Crippen MR) is 152 cm³/mol. The van der Waals surface area contributed by atoms with E-state index in [2.05, 4.69) is 22.2 Å². The van der Waals surface area contributed by atoms with Crippen molar-refractivity contribution < 1.29 is 28.7 Å². The Bertz CT molecular complexity index is 1510. The number of aryl methyl sites for hydroxylation is 2. The zero-order valence-corrected chi connectivity index (χ0v) is 23.8. The molecule has 1 aliphatic rings. The average molecular weight is 563 g/mol. The number of benzene rings is 1. The predicted octanol–water partition coefficient (Wildman–Crippen LogP) is 4.42. The fourth-order valence-electron chi connectivity index (χ4n) is 4.47. The number of imidazole rings is 1. The molecule has 0 saturated carbocycles. The van der Waals surface area contributed by atoms with Crippen LogP contribution in [0.3, 0.4) is 0 Å². The third kappa shape index (κ3) is 7.21. The molecule has 0 unspecified atom stereocenters. The normalized spacial score (nSPS) is 12.5. The molecule has 3 heterocycles. The molecule has 0 saturated heterocycles. The van der Waals surface area contributed by atoms with Crippen LogP contribution in [0.2, 0.25) is 0 Å². The van der Waals surface area contributed by atoms with Gasteiger partial charge in [-0.15, -0.1) is 0 Å². The highest BCUT2D eigenvalue weighted by Crippen LogP contribution is 2.28. The van der Waals surface area contributed by atoms with Crippen molar-refractivity contribution in [3.8, 4) is 0 Å². The number of amides is 3. The van der Waals surface area contributed by atoms with E-state index in [-0.39, 0.29) is 36.4 Å². The molecule has 0 spiro atoms. The molecule has 2 aromatic heterocycles. The highest BCUT2D eigenvalue weighted by Gasteiger charge is 2.27. The molecule has 41 heavy (non-hydrogen) atoms. The maximum atomic E-state index is 13.4. The van der Waals surface area contributed by atoms with Gasteiger partial charge in [0.05, 0.1) is 0 Å². The Hall–Kier alpha value is -4.87. The first kappa shape index (κ1) is 29.1. The summed E-state index contributed by atoms with van der Waals surface area (Å²) in [7, 11) is 3.42. The second-order valence-electron chi connectivity index (χ2n) is 10.8. The van der Waals surface area contributed by atoms with E-state index in [1.165, 1.54) is 16.8 Å². The molecular weight excluding hydrogens is 528 g/mol. The fraction of sp³-hybridized carbons (Fsp3) is 0.345. The molecule has 0 bridgehead atoms. The molecule has 2 N–H and O–H groups in total. The van der Waals surface area contributed by atoms with Crippen molar-refractivity contribution in [2.45, 2.75) is 45.9 Å². The minimum absolute atomic E-state index is 0.0229. The Morgan fingerprint density at radius 3 is 2.44 bits per heavy atom. The van der Waals surface area contributed by atoms with Gasteiger partial charge in [0.15, 0.2) is 11.6 Å². The van der Waals surface area contributed by atoms with Crippen molar-refractivity contribution in [2.24, 2.45) is 14.1 Å². The molecule has 0 atom stereocenters. The quantitative estimate of drug-likeness (QED) is 0.306. The molecule has 1 aliphatic heterocycles. The zero-order chi connectivity index (χ0) is 29.9. The van der Waals surface area contributed by atoms with Crippen LogP contribution in [0.1, 0.15) is 58.6 Å². The topological polar surface area (TPSA) is 137 Å². The SMILES string of the molecule is C=CCOC(=O)Nc1ccc2c(c1)CN(C(=O)c1cc(CC(=O)c3nc(NC(=O)OC(C)(C)C)cn3C)cn1C)C2. The standard InChI is InChI=1S/C29H34N6O6/c1-7-10-40-27(38)30-21-9-8-19-15-35(16-20(19)13-21)26(37)22-11-18(14-33(22)5)12-23(36)25-31-24(17-34(25)6)32-28(39)41-29(2,3)4/h7-9,11,13-14,17H,1,10,12,15-16H2,2-6H3,(H,30,38)(H,32,39). The van der Waals surface area contributed by atoms with E-state index in [0.717, 1.165) is 11.1 Å². The number of carbonyl (C=O) groups excluding carboxylic acids is 4. The Labute approximate surface area is 237 Å². The number of Topliss-reactive ketones (excluding diaryl/α,β-unsaturated/α-hetero) is 1. The van der Waals surface area contributed by atoms with Gasteiger partial charge < -0.3 is 23.5 Å². The number of rotatable bonds is 8. The van der Waals surface area contributed by atoms with Gasteiger partial charge in [0.2, 0.25) is 5.78 Å². The molecular formula is C29H34N6O6. The van der Waals surface area contributed by atoms with E-state index in [1.54, 1.807) is 62.7 Å². The van der Waals surface area contributed by atoms with Gasteiger partial charge in [0, 0.05) is 51.7 Å². The van der Waals surface area contributed by atoms with Crippen LogP contribution >= 0.6 is 0 Å². The third-order valence-electron chi connectivity index (χ3n) is 6.19. The molecule has 4 rings (SSSR count). The van der Waals surface area contributed by atoms with Crippen molar-refractivity contribution in [3.63, 3.8) is 0 Å². The van der Waals surface area contributed by atoms with Gasteiger partial charge in [-0.05, 0) is 55.7 Å². The highest BCUT2D eigenvalue weighted by atomic mass is 16.6. The van der Waals surface area contributed by atoms with Crippen LogP contribution in [0.25, 0.3) is 0 Å². The van der Waals surface area contributed by atoms with Crippen LogP contribution < -0.4 is 10.6 Å². The lowest BCUT2D eigenvalue weighted by molar-refractivity contribution is 0.0634. The van der Waals surface area contributed by atoms with E-state index in [1.807, 2.05) is 12.1 Å². The van der Waals surface area contributed by atoms with Crippen molar-refractivity contribution in [2.75, 3.05) is 17.2 Å².